The van der Waals surface area contributed by atoms with Crippen LogP contribution in [-0.4, -0.2) is 11.6 Å². The highest BCUT2D eigenvalue weighted by Crippen LogP contribution is 2.28. The summed E-state index contributed by atoms with van der Waals surface area (Å²) in [7, 11) is 0. The summed E-state index contributed by atoms with van der Waals surface area (Å²) < 4.78 is 9.84. The van der Waals surface area contributed by atoms with Gasteiger partial charge in [-0.1, -0.05) is 60.7 Å². The third-order valence-electron chi connectivity index (χ3n) is 4.22. The molecule has 0 N–H and O–H groups in total. The van der Waals surface area contributed by atoms with Crippen LogP contribution in [0.3, 0.4) is 0 Å². The average Bonchev–Trinajstić information content (AvgIpc) is 2.64. The Morgan fingerprint density at radius 3 is 1.88 bits per heavy atom. The smallest absolute Gasteiger partial charge is 0.237 e. The van der Waals surface area contributed by atoms with E-state index in [4.69, 9.17) is 9.15 Å². The van der Waals surface area contributed by atoms with Gasteiger partial charge in [0.1, 0.15) is 0 Å². The fraction of sp³-hybridized carbons (Fsp3) is 0.0476. The van der Waals surface area contributed by atoms with E-state index in [-0.39, 0.29) is 11.6 Å². The Kier molecular flexibility index (Phi) is 3.58. The first-order valence-corrected chi connectivity index (χ1v) is 7.88. The summed E-state index contributed by atoms with van der Waals surface area (Å²) in [5, 5.41) is 0. The van der Waals surface area contributed by atoms with Crippen LogP contribution in [0.4, 0.5) is 0 Å². The van der Waals surface area contributed by atoms with E-state index in [1.165, 1.54) is 0 Å². The Morgan fingerprint density at radius 1 is 0.680 bits per heavy atom. The number of aryl methyl sites for hydroxylation is 1. The van der Waals surface area contributed by atoms with Crippen LogP contribution in [0.2, 0.25) is 0 Å². The zero-order chi connectivity index (χ0) is 17.4. The number of fused-ring (bicyclic) bond motifs is 1. The zero-order valence-corrected chi connectivity index (χ0v) is 13.5. The summed E-state index contributed by atoms with van der Waals surface area (Å²) in [5.41, 5.74) is 3.99. The molecule has 4 heteroatoms. The predicted molar refractivity (Wildman–Crippen MR) is 93.0 cm³/mol. The Labute approximate surface area is 143 Å². The van der Waals surface area contributed by atoms with E-state index in [0.29, 0.717) is 33.4 Å². The molecule has 1 aromatic heterocycles. The monoisotopic (exact) mass is 330 g/mol. The van der Waals surface area contributed by atoms with Crippen molar-refractivity contribution in [2.24, 2.45) is 0 Å². The fourth-order valence-electron chi connectivity index (χ4n) is 2.82. The van der Waals surface area contributed by atoms with E-state index in [2.05, 4.69) is 0 Å². The predicted octanol–water partition coefficient (Wildman–Crippen LogP) is 4.80. The van der Waals surface area contributed by atoms with Gasteiger partial charge in [0.2, 0.25) is 11.2 Å². The maximum atomic E-state index is 12.8. The second-order valence-electron chi connectivity index (χ2n) is 5.85. The lowest BCUT2D eigenvalue weighted by Crippen LogP contribution is -2.07. The van der Waals surface area contributed by atoms with Crippen molar-refractivity contribution in [3.8, 4) is 0 Å². The highest BCUT2D eigenvalue weighted by molar-refractivity contribution is 6.16. The topological polar surface area (TPSA) is 60.4 Å². The summed E-state index contributed by atoms with van der Waals surface area (Å²) in [6, 6.07) is 19.3. The van der Waals surface area contributed by atoms with Gasteiger partial charge in [-0.15, -0.1) is 0 Å². The Balaban J connectivity index is 1.66. The van der Waals surface area contributed by atoms with Crippen LogP contribution in [-0.2, 0) is 0 Å². The number of benzene rings is 3. The molecule has 0 fully saturated rings. The minimum absolute atomic E-state index is 0.0729. The highest BCUT2D eigenvalue weighted by atomic mass is 17.0. The molecule has 25 heavy (non-hydrogen) atoms. The molecule has 122 valence electrons. The van der Waals surface area contributed by atoms with E-state index in [1.807, 2.05) is 31.2 Å². The molecule has 3 aromatic carbocycles. The van der Waals surface area contributed by atoms with Crippen LogP contribution in [0, 0.1) is 6.92 Å². The first-order valence-electron chi connectivity index (χ1n) is 7.88. The van der Waals surface area contributed by atoms with Crippen LogP contribution in [0.25, 0.3) is 11.2 Å². The zero-order valence-electron chi connectivity index (χ0n) is 13.5. The van der Waals surface area contributed by atoms with Gasteiger partial charge in [0.15, 0.2) is 11.6 Å². The van der Waals surface area contributed by atoms with Crippen molar-refractivity contribution in [1.29, 1.82) is 0 Å². The molecule has 0 aliphatic rings. The van der Waals surface area contributed by atoms with Gasteiger partial charge in [0, 0.05) is 16.7 Å². The number of hydrogen-bond acceptors (Lipinski definition) is 4. The van der Waals surface area contributed by atoms with E-state index in [1.54, 1.807) is 42.5 Å². The Bertz CT molecular complexity index is 1070. The van der Waals surface area contributed by atoms with Gasteiger partial charge in [-0.3, -0.25) is 18.7 Å². The minimum Gasteiger partial charge on any atom is -0.289 e. The molecule has 0 radical (unpaired) electrons. The normalized spacial score (nSPS) is 10.9. The molecule has 0 unspecified atom stereocenters. The molecule has 0 saturated carbocycles. The van der Waals surface area contributed by atoms with E-state index in [9.17, 15) is 9.59 Å². The third-order valence-corrected chi connectivity index (χ3v) is 4.22. The molecule has 0 bridgehead atoms. The molecule has 0 atom stereocenters. The van der Waals surface area contributed by atoms with Crippen LogP contribution in [0.1, 0.15) is 37.4 Å². The number of carbonyl (C=O) groups excluding carboxylic acids is 2. The SMILES string of the molecule is Cc1ccc2ooc2c1C(=O)c1ccc(C(=O)c2ccccc2)cc1. The minimum atomic E-state index is -0.156. The van der Waals surface area contributed by atoms with E-state index >= 15 is 0 Å². The molecule has 4 nitrogen and oxygen atoms in total. The summed E-state index contributed by atoms with van der Waals surface area (Å²) in [4.78, 5) is 25.2. The molecule has 0 amide bonds. The van der Waals surface area contributed by atoms with Gasteiger partial charge >= 0.3 is 0 Å². The van der Waals surface area contributed by atoms with Gasteiger partial charge < -0.3 is 0 Å². The van der Waals surface area contributed by atoms with Crippen molar-refractivity contribution in [3.05, 3.63) is 94.5 Å². The number of carbonyl (C=O) groups is 2. The Hall–Kier alpha value is -3.40. The van der Waals surface area contributed by atoms with Crippen molar-refractivity contribution in [2.75, 3.05) is 0 Å². The molecule has 1 heterocycles. The number of ketones is 2. The summed E-state index contributed by atoms with van der Waals surface area (Å²) >= 11 is 0. The van der Waals surface area contributed by atoms with Gasteiger partial charge in [-0.2, -0.15) is 0 Å². The highest BCUT2D eigenvalue weighted by Gasteiger charge is 2.21. The van der Waals surface area contributed by atoms with Gasteiger partial charge in [0.25, 0.3) is 0 Å². The van der Waals surface area contributed by atoms with Gasteiger partial charge in [0.05, 0.1) is 5.56 Å². The summed E-state index contributed by atoms with van der Waals surface area (Å²) in [6.07, 6.45) is 0. The van der Waals surface area contributed by atoms with Crippen molar-refractivity contribution in [3.63, 3.8) is 0 Å². The molecule has 0 saturated heterocycles. The second kappa shape index (κ2) is 5.91. The van der Waals surface area contributed by atoms with Crippen molar-refractivity contribution in [1.82, 2.24) is 0 Å². The maximum Gasteiger partial charge on any atom is 0.237 e. The van der Waals surface area contributed by atoms with Crippen LogP contribution in [0.15, 0.2) is 75.9 Å². The van der Waals surface area contributed by atoms with Crippen LogP contribution in [0.5, 0.6) is 0 Å². The van der Waals surface area contributed by atoms with Crippen molar-refractivity contribution >= 4 is 22.7 Å². The van der Waals surface area contributed by atoms with E-state index < -0.39 is 0 Å². The number of rotatable bonds is 4. The lowest BCUT2D eigenvalue weighted by atomic mass is 9.96. The average molecular weight is 330 g/mol. The van der Waals surface area contributed by atoms with Crippen LogP contribution < -0.4 is 0 Å². The lowest BCUT2D eigenvalue weighted by Gasteiger charge is -2.09. The molecule has 0 spiro atoms. The molecule has 0 aliphatic carbocycles. The second-order valence-corrected chi connectivity index (χ2v) is 5.85. The first kappa shape index (κ1) is 15.1. The first-order chi connectivity index (χ1) is 12.1. The Morgan fingerprint density at radius 2 is 1.28 bits per heavy atom. The van der Waals surface area contributed by atoms with E-state index in [0.717, 1.165) is 5.56 Å². The molecular formula is C21H14O4. The van der Waals surface area contributed by atoms with Gasteiger partial charge in [-0.05, 0) is 18.6 Å². The van der Waals surface area contributed by atoms with Crippen molar-refractivity contribution < 1.29 is 18.7 Å². The quantitative estimate of drug-likeness (QED) is 0.398. The lowest BCUT2D eigenvalue weighted by molar-refractivity contribution is 0.0576. The standard InChI is InChI=1S/C21H14O4/c1-13-7-12-17-21(25-24-17)18(13)20(23)16-10-8-15(9-11-16)19(22)14-5-3-2-4-6-14/h2-12H,1H3. The third kappa shape index (κ3) is 2.58. The summed E-state index contributed by atoms with van der Waals surface area (Å²) in [5.74, 6) is -0.229. The van der Waals surface area contributed by atoms with Crippen LogP contribution >= 0.6 is 0 Å². The summed E-state index contributed by atoms with van der Waals surface area (Å²) in [6.45, 7) is 1.85. The molecule has 0 aliphatic heterocycles. The molecule has 4 aromatic rings. The molecule has 4 rings (SSSR count). The fourth-order valence-corrected chi connectivity index (χ4v) is 2.82. The van der Waals surface area contributed by atoms with Crippen molar-refractivity contribution in [2.45, 2.75) is 6.92 Å². The largest absolute Gasteiger partial charge is 0.289 e. The van der Waals surface area contributed by atoms with Gasteiger partial charge in [-0.25, -0.2) is 0 Å². The maximum absolute atomic E-state index is 12.8. The molecular weight excluding hydrogens is 316 g/mol. The number of hydrogen-bond donors (Lipinski definition) is 0.